The summed E-state index contributed by atoms with van der Waals surface area (Å²) in [5.74, 6) is -5.46. The van der Waals surface area contributed by atoms with Gasteiger partial charge in [-0.15, -0.1) is 0 Å². The van der Waals surface area contributed by atoms with Crippen LogP contribution in [-0.2, 0) is 10.7 Å². The van der Waals surface area contributed by atoms with E-state index in [0.717, 1.165) is 11.0 Å². The number of halogens is 4. The summed E-state index contributed by atoms with van der Waals surface area (Å²) in [6.07, 6.45) is -3.87. The van der Waals surface area contributed by atoms with E-state index in [1.54, 1.807) is 0 Å². The molecule has 4 nitrogen and oxygen atoms in total. The summed E-state index contributed by atoms with van der Waals surface area (Å²) in [6.45, 7) is -0.713. The van der Waals surface area contributed by atoms with Crippen LogP contribution < -0.4 is 4.74 Å². The zero-order chi connectivity index (χ0) is 17.3. The number of carbonyl (C=O) groups excluding carboxylic acids is 1. The van der Waals surface area contributed by atoms with E-state index in [0.29, 0.717) is 0 Å². The number of likely N-dealkylation sites (tertiary alicyclic amines) is 1. The normalized spacial score (nSPS) is 18.1. The van der Waals surface area contributed by atoms with Gasteiger partial charge in [-0.25, -0.2) is 8.78 Å². The smallest absolute Gasteiger partial charge is 0.353 e. The molecule has 8 heteroatoms. The number of hydrogen-bond donors (Lipinski definition) is 1. The molecule has 23 heavy (non-hydrogen) atoms. The number of methoxy groups -OCH3 is 1. The molecule has 0 atom stereocenters. The fourth-order valence-electron chi connectivity index (χ4n) is 2.53. The molecule has 1 saturated heterocycles. The minimum atomic E-state index is -3.84. The Bertz CT molecular complexity index is 572. The molecule has 2 rings (SSSR count). The zero-order valence-electron chi connectivity index (χ0n) is 12.4. The third-order valence-electron chi connectivity index (χ3n) is 4.04. The van der Waals surface area contributed by atoms with Gasteiger partial charge in [0, 0.05) is 13.1 Å². The fraction of sp³-hybridized carbons (Fsp3) is 0.533. The van der Waals surface area contributed by atoms with E-state index in [9.17, 15) is 27.5 Å². The van der Waals surface area contributed by atoms with Gasteiger partial charge < -0.3 is 14.7 Å². The van der Waals surface area contributed by atoms with E-state index in [-0.39, 0.29) is 18.8 Å². The predicted molar refractivity (Wildman–Crippen MR) is 73.7 cm³/mol. The summed E-state index contributed by atoms with van der Waals surface area (Å²) in [4.78, 5) is 12.9. The Morgan fingerprint density at radius 1 is 1.30 bits per heavy atom. The van der Waals surface area contributed by atoms with Gasteiger partial charge in [0.25, 0.3) is 12.3 Å². The lowest BCUT2D eigenvalue weighted by atomic mass is 9.91. The largest absolute Gasteiger partial charge is 0.496 e. The molecule has 1 amide bonds. The minimum absolute atomic E-state index is 0.132. The molecule has 1 N–H and O–H groups in total. The average molecular weight is 335 g/mol. The standard InChI is InChI=1S/C15H17F4NO3/c1-23-11-5-3-2-4-10(11)15(18,19)13(21)20-8-6-14(22,7-9-20)12(16)17/h2-5,12,22H,6-9H2,1H3. The number of carbonyl (C=O) groups is 1. The first-order valence-electron chi connectivity index (χ1n) is 7.03. The number of piperidine rings is 1. The van der Waals surface area contributed by atoms with Gasteiger partial charge >= 0.3 is 5.92 Å². The number of amides is 1. The summed E-state index contributed by atoms with van der Waals surface area (Å²) in [5.41, 5.74) is -2.81. The zero-order valence-corrected chi connectivity index (χ0v) is 12.4. The van der Waals surface area contributed by atoms with Crippen LogP contribution in [0.5, 0.6) is 5.75 Å². The lowest BCUT2D eigenvalue weighted by molar-refractivity contribution is -0.169. The van der Waals surface area contributed by atoms with Gasteiger partial charge in [-0.05, 0) is 25.0 Å². The Kier molecular flexibility index (Phi) is 4.84. The number of aliphatic hydroxyl groups is 1. The average Bonchev–Trinajstić information content (AvgIpc) is 2.54. The number of benzene rings is 1. The van der Waals surface area contributed by atoms with Crippen molar-refractivity contribution in [1.29, 1.82) is 0 Å². The highest BCUT2D eigenvalue weighted by atomic mass is 19.3. The molecule has 1 fully saturated rings. The number of alkyl halides is 4. The van der Waals surface area contributed by atoms with E-state index in [1.807, 2.05) is 0 Å². The van der Waals surface area contributed by atoms with E-state index in [4.69, 9.17) is 4.74 Å². The van der Waals surface area contributed by atoms with Crippen molar-refractivity contribution in [3.63, 3.8) is 0 Å². The van der Waals surface area contributed by atoms with E-state index < -0.39 is 42.3 Å². The summed E-state index contributed by atoms with van der Waals surface area (Å²) >= 11 is 0. The molecular weight excluding hydrogens is 318 g/mol. The highest BCUT2D eigenvalue weighted by Crippen LogP contribution is 2.38. The van der Waals surface area contributed by atoms with Crippen molar-refractivity contribution in [3.8, 4) is 5.75 Å². The maximum Gasteiger partial charge on any atom is 0.353 e. The molecule has 1 aromatic carbocycles. The lowest BCUT2D eigenvalue weighted by Crippen LogP contribution is -2.53. The molecule has 0 bridgehead atoms. The highest BCUT2D eigenvalue weighted by molar-refractivity contribution is 5.85. The molecule has 0 radical (unpaired) electrons. The molecule has 1 aliphatic rings. The van der Waals surface area contributed by atoms with Crippen molar-refractivity contribution in [2.24, 2.45) is 0 Å². The first-order valence-corrected chi connectivity index (χ1v) is 7.03. The summed E-state index contributed by atoms with van der Waals surface area (Å²) in [6, 6.07) is 5.23. The molecule has 0 aromatic heterocycles. The van der Waals surface area contributed by atoms with Crippen LogP contribution in [0.2, 0.25) is 0 Å². The Morgan fingerprint density at radius 2 is 1.87 bits per heavy atom. The van der Waals surface area contributed by atoms with Gasteiger partial charge in [-0.3, -0.25) is 4.79 Å². The predicted octanol–water partition coefficient (Wildman–Crippen LogP) is 2.41. The second kappa shape index (κ2) is 6.35. The summed E-state index contributed by atoms with van der Waals surface area (Å²) in [5, 5.41) is 9.65. The Morgan fingerprint density at radius 3 is 2.39 bits per heavy atom. The molecule has 0 aliphatic carbocycles. The van der Waals surface area contributed by atoms with Crippen LogP contribution in [0.4, 0.5) is 17.6 Å². The van der Waals surface area contributed by atoms with Gasteiger partial charge in [-0.1, -0.05) is 12.1 Å². The summed E-state index contributed by atoms with van der Waals surface area (Å²) in [7, 11) is 1.21. The van der Waals surface area contributed by atoms with Crippen molar-refractivity contribution >= 4 is 5.91 Å². The van der Waals surface area contributed by atoms with Gasteiger partial charge in [0.15, 0.2) is 0 Å². The molecule has 1 heterocycles. The van der Waals surface area contributed by atoms with Crippen molar-refractivity contribution < 1.29 is 32.2 Å². The van der Waals surface area contributed by atoms with Gasteiger partial charge in [0.2, 0.25) is 0 Å². The summed E-state index contributed by atoms with van der Waals surface area (Å²) < 4.78 is 59.2. The van der Waals surface area contributed by atoms with Crippen molar-refractivity contribution in [2.45, 2.75) is 30.8 Å². The van der Waals surface area contributed by atoms with Crippen LogP contribution in [0.3, 0.4) is 0 Å². The molecule has 1 aliphatic heterocycles. The molecule has 0 spiro atoms. The quantitative estimate of drug-likeness (QED) is 0.860. The Hall–Kier alpha value is -1.83. The van der Waals surface area contributed by atoms with Gasteiger partial charge in [0.1, 0.15) is 11.4 Å². The number of nitrogens with zero attached hydrogens (tertiary/aromatic N) is 1. The van der Waals surface area contributed by atoms with Crippen LogP contribution >= 0.6 is 0 Å². The van der Waals surface area contributed by atoms with E-state index in [1.165, 1.54) is 25.3 Å². The van der Waals surface area contributed by atoms with Crippen LogP contribution in [0, 0.1) is 0 Å². The molecule has 128 valence electrons. The van der Waals surface area contributed by atoms with E-state index >= 15 is 0 Å². The topological polar surface area (TPSA) is 49.8 Å². The Balaban J connectivity index is 2.17. The van der Waals surface area contributed by atoms with Crippen LogP contribution in [0.1, 0.15) is 18.4 Å². The van der Waals surface area contributed by atoms with E-state index in [2.05, 4.69) is 0 Å². The lowest BCUT2D eigenvalue weighted by Gasteiger charge is -2.38. The van der Waals surface area contributed by atoms with Crippen LogP contribution in [0.25, 0.3) is 0 Å². The van der Waals surface area contributed by atoms with Crippen molar-refractivity contribution in [3.05, 3.63) is 29.8 Å². The Labute approximate surface area is 130 Å². The first-order chi connectivity index (χ1) is 10.7. The maximum absolute atomic E-state index is 14.5. The first kappa shape index (κ1) is 17.5. The third kappa shape index (κ3) is 3.26. The minimum Gasteiger partial charge on any atom is -0.496 e. The van der Waals surface area contributed by atoms with Crippen molar-refractivity contribution in [2.75, 3.05) is 20.2 Å². The molecular formula is C15H17F4NO3. The van der Waals surface area contributed by atoms with Crippen molar-refractivity contribution in [1.82, 2.24) is 4.90 Å². The number of rotatable bonds is 4. The van der Waals surface area contributed by atoms with Gasteiger partial charge in [0.05, 0.1) is 12.7 Å². The third-order valence-corrected chi connectivity index (χ3v) is 4.04. The number of hydrogen-bond acceptors (Lipinski definition) is 3. The second-order valence-corrected chi connectivity index (χ2v) is 5.47. The maximum atomic E-state index is 14.5. The van der Waals surface area contributed by atoms with Gasteiger partial charge in [-0.2, -0.15) is 8.78 Å². The van der Waals surface area contributed by atoms with Crippen LogP contribution in [0.15, 0.2) is 24.3 Å². The molecule has 1 aromatic rings. The SMILES string of the molecule is COc1ccccc1C(F)(F)C(=O)N1CCC(O)(C(F)F)CC1. The molecule has 0 saturated carbocycles. The number of ether oxygens (including phenoxy) is 1. The number of para-hydroxylation sites is 1. The highest BCUT2D eigenvalue weighted by Gasteiger charge is 2.49. The van der Waals surface area contributed by atoms with Crippen LogP contribution in [-0.4, -0.2) is 48.1 Å². The monoisotopic (exact) mass is 335 g/mol. The second-order valence-electron chi connectivity index (χ2n) is 5.47. The molecule has 0 unspecified atom stereocenters. The fourth-order valence-corrected chi connectivity index (χ4v) is 2.53.